The summed E-state index contributed by atoms with van der Waals surface area (Å²) in [5.74, 6) is -0.336. The Morgan fingerprint density at radius 3 is 2.44 bits per heavy atom. The van der Waals surface area contributed by atoms with Crippen LogP contribution in [-0.2, 0) is 4.79 Å². The number of ether oxygens (including phenoxy) is 1. The Morgan fingerprint density at radius 2 is 1.71 bits per heavy atom. The first-order chi connectivity index (χ1) is 16.4. The number of halogens is 1. The van der Waals surface area contributed by atoms with Crippen molar-refractivity contribution in [2.75, 3.05) is 30.8 Å². The normalized spacial score (nSPS) is 17.7. The highest BCUT2D eigenvalue weighted by molar-refractivity contribution is 5.94. The number of likely N-dealkylation sites (tertiary alicyclic amines) is 1. The van der Waals surface area contributed by atoms with Crippen LogP contribution in [-0.4, -0.2) is 37.0 Å². The standard InChI is InChI=1S/C27H28FN3O3/c1-18-13-19(11-12-25(18)28)20-14-21(26(32)29-23-9-6-10-24(15-23)34-2)17-31(16-20)27(33)30-22-7-4-3-5-8-22/h3-13,15,20-21H,14,16-17H2,1-2H3,(H,29,32)(H,30,33). The number of hydrogen-bond acceptors (Lipinski definition) is 3. The summed E-state index contributed by atoms with van der Waals surface area (Å²) in [4.78, 5) is 28.0. The molecule has 34 heavy (non-hydrogen) atoms. The van der Waals surface area contributed by atoms with Crippen molar-refractivity contribution in [1.82, 2.24) is 4.90 Å². The second-order valence-corrected chi connectivity index (χ2v) is 8.56. The van der Waals surface area contributed by atoms with Crippen LogP contribution in [0.4, 0.5) is 20.6 Å². The maximum atomic E-state index is 13.9. The summed E-state index contributed by atoms with van der Waals surface area (Å²) in [5, 5.41) is 5.86. The van der Waals surface area contributed by atoms with E-state index in [1.807, 2.05) is 30.3 Å². The van der Waals surface area contributed by atoms with E-state index < -0.39 is 5.92 Å². The Labute approximate surface area is 198 Å². The van der Waals surface area contributed by atoms with Crippen LogP contribution in [0.2, 0.25) is 0 Å². The van der Waals surface area contributed by atoms with E-state index in [9.17, 15) is 14.0 Å². The van der Waals surface area contributed by atoms with E-state index in [2.05, 4.69) is 10.6 Å². The average Bonchev–Trinajstić information content (AvgIpc) is 2.86. The Hall–Kier alpha value is -3.87. The van der Waals surface area contributed by atoms with Crippen LogP contribution in [0.3, 0.4) is 0 Å². The molecule has 2 unspecified atom stereocenters. The van der Waals surface area contributed by atoms with Gasteiger partial charge >= 0.3 is 6.03 Å². The SMILES string of the molecule is COc1cccc(NC(=O)C2CC(c3ccc(F)c(C)c3)CN(C(=O)Nc3ccccc3)C2)c1. The lowest BCUT2D eigenvalue weighted by Crippen LogP contribution is -2.48. The van der Waals surface area contributed by atoms with Gasteiger partial charge in [0.25, 0.3) is 0 Å². The van der Waals surface area contributed by atoms with Crippen molar-refractivity contribution in [3.8, 4) is 5.75 Å². The highest BCUT2D eigenvalue weighted by Gasteiger charge is 2.35. The van der Waals surface area contributed by atoms with Gasteiger partial charge in [-0.2, -0.15) is 0 Å². The molecular formula is C27H28FN3O3. The molecule has 176 valence electrons. The number of carbonyl (C=O) groups excluding carboxylic acids is 2. The number of aryl methyl sites for hydroxylation is 1. The molecule has 2 atom stereocenters. The molecule has 0 bridgehead atoms. The number of amides is 3. The minimum Gasteiger partial charge on any atom is -0.497 e. The van der Waals surface area contributed by atoms with E-state index >= 15 is 0 Å². The van der Waals surface area contributed by atoms with Gasteiger partial charge in [0.1, 0.15) is 11.6 Å². The molecular weight excluding hydrogens is 433 g/mol. The number of anilines is 2. The number of rotatable bonds is 5. The number of piperidine rings is 1. The lowest BCUT2D eigenvalue weighted by atomic mass is 9.83. The van der Waals surface area contributed by atoms with E-state index in [0.717, 1.165) is 5.56 Å². The monoisotopic (exact) mass is 461 g/mol. The molecule has 3 aromatic rings. The van der Waals surface area contributed by atoms with E-state index in [1.165, 1.54) is 6.07 Å². The number of hydrogen-bond donors (Lipinski definition) is 2. The first kappa shape index (κ1) is 23.3. The number of carbonyl (C=O) groups is 2. The smallest absolute Gasteiger partial charge is 0.321 e. The van der Waals surface area contributed by atoms with E-state index in [4.69, 9.17) is 4.74 Å². The second kappa shape index (κ2) is 10.4. The minimum atomic E-state index is -0.433. The Balaban J connectivity index is 1.56. The molecule has 1 aliphatic heterocycles. The molecule has 0 saturated carbocycles. The quantitative estimate of drug-likeness (QED) is 0.533. The molecule has 0 aromatic heterocycles. The number of para-hydroxylation sites is 1. The van der Waals surface area contributed by atoms with Gasteiger partial charge in [-0.25, -0.2) is 9.18 Å². The van der Waals surface area contributed by atoms with Crippen LogP contribution in [0.1, 0.15) is 23.5 Å². The third kappa shape index (κ3) is 5.54. The molecule has 1 fully saturated rings. The number of nitrogens with zero attached hydrogens (tertiary/aromatic N) is 1. The fraction of sp³-hybridized carbons (Fsp3) is 0.259. The van der Waals surface area contributed by atoms with Crippen LogP contribution in [0.5, 0.6) is 5.75 Å². The Morgan fingerprint density at radius 1 is 0.941 bits per heavy atom. The predicted molar refractivity (Wildman–Crippen MR) is 131 cm³/mol. The molecule has 0 aliphatic carbocycles. The summed E-state index contributed by atoms with van der Waals surface area (Å²) in [7, 11) is 1.57. The van der Waals surface area contributed by atoms with Crippen LogP contribution in [0, 0.1) is 18.7 Å². The van der Waals surface area contributed by atoms with Gasteiger partial charge < -0.3 is 20.3 Å². The fourth-order valence-corrected chi connectivity index (χ4v) is 4.29. The minimum absolute atomic E-state index is 0.101. The van der Waals surface area contributed by atoms with Crippen LogP contribution >= 0.6 is 0 Å². The van der Waals surface area contributed by atoms with Crippen molar-refractivity contribution in [3.63, 3.8) is 0 Å². The number of methoxy groups -OCH3 is 1. The molecule has 7 heteroatoms. The summed E-state index contributed by atoms with van der Waals surface area (Å²) in [5.41, 5.74) is 2.77. The zero-order valence-corrected chi connectivity index (χ0v) is 19.3. The molecule has 0 spiro atoms. The topological polar surface area (TPSA) is 70.7 Å². The average molecular weight is 462 g/mol. The maximum Gasteiger partial charge on any atom is 0.321 e. The number of nitrogens with one attached hydrogen (secondary N) is 2. The van der Waals surface area contributed by atoms with Crippen molar-refractivity contribution in [3.05, 3.63) is 89.7 Å². The number of urea groups is 1. The molecule has 1 aliphatic rings. The third-order valence-corrected chi connectivity index (χ3v) is 6.12. The van der Waals surface area contributed by atoms with Crippen molar-refractivity contribution in [1.29, 1.82) is 0 Å². The maximum absolute atomic E-state index is 13.9. The summed E-state index contributed by atoms with van der Waals surface area (Å²) in [6.45, 7) is 2.44. The Bertz CT molecular complexity index is 1170. The summed E-state index contributed by atoms with van der Waals surface area (Å²) in [6, 6.07) is 21.1. The van der Waals surface area contributed by atoms with Crippen molar-refractivity contribution < 1.29 is 18.7 Å². The zero-order chi connectivity index (χ0) is 24.1. The molecule has 3 amide bonds. The van der Waals surface area contributed by atoms with Crippen molar-refractivity contribution >= 4 is 23.3 Å². The van der Waals surface area contributed by atoms with Gasteiger partial charge in [-0.15, -0.1) is 0 Å². The lowest BCUT2D eigenvalue weighted by Gasteiger charge is -2.37. The summed E-state index contributed by atoms with van der Waals surface area (Å²) < 4.78 is 19.1. The van der Waals surface area contributed by atoms with Gasteiger partial charge in [0, 0.05) is 36.4 Å². The largest absolute Gasteiger partial charge is 0.497 e. The van der Waals surface area contributed by atoms with E-state index in [-0.39, 0.29) is 30.2 Å². The lowest BCUT2D eigenvalue weighted by molar-refractivity contribution is -0.121. The molecule has 3 aromatic carbocycles. The van der Waals surface area contributed by atoms with Crippen LogP contribution in [0.15, 0.2) is 72.8 Å². The Kier molecular flexibility index (Phi) is 7.11. The number of benzene rings is 3. The molecule has 1 saturated heterocycles. The highest BCUT2D eigenvalue weighted by atomic mass is 19.1. The van der Waals surface area contributed by atoms with Gasteiger partial charge in [0.05, 0.1) is 13.0 Å². The predicted octanol–water partition coefficient (Wildman–Crippen LogP) is 5.42. The third-order valence-electron chi connectivity index (χ3n) is 6.12. The highest BCUT2D eigenvalue weighted by Crippen LogP contribution is 2.32. The first-order valence-corrected chi connectivity index (χ1v) is 11.2. The van der Waals surface area contributed by atoms with Gasteiger partial charge in [-0.3, -0.25) is 4.79 Å². The fourth-order valence-electron chi connectivity index (χ4n) is 4.29. The second-order valence-electron chi connectivity index (χ2n) is 8.56. The van der Waals surface area contributed by atoms with Gasteiger partial charge in [-0.1, -0.05) is 36.4 Å². The van der Waals surface area contributed by atoms with Crippen LogP contribution in [0.25, 0.3) is 0 Å². The van der Waals surface area contributed by atoms with Crippen molar-refractivity contribution in [2.45, 2.75) is 19.3 Å². The van der Waals surface area contributed by atoms with E-state index in [0.29, 0.717) is 35.7 Å². The molecule has 4 rings (SSSR count). The first-order valence-electron chi connectivity index (χ1n) is 11.2. The molecule has 6 nitrogen and oxygen atoms in total. The van der Waals surface area contributed by atoms with Gasteiger partial charge in [0.2, 0.25) is 5.91 Å². The summed E-state index contributed by atoms with van der Waals surface area (Å²) >= 11 is 0. The van der Waals surface area contributed by atoms with E-state index in [1.54, 1.807) is 55.3 Å². The van der Waals surface area contributed by atoms with Gasteiger partial charge in [0.15, 0.2) is 0 Å². The summed E-state index contributed by atoms with van der Waals surface area (Å²) in [6.07, 6.45) is 0.552. The van der Waals surface area contributed by atoms with Crippen LogP contribution < -0.4 is 15.4 Å². The zero-order valence-electron chi connectivity index (χ0n) is 19.3. The van der Waals surface area contributed by atoms with Crippen molar-refractivity contribution in [2.24, 2.45) is 5.92 Å². The molecule has 2 N–H and O–H groups in total. The molecule has 1 heterocycles. The van der Waals surface area contributed by atoms with Gasteiger partial charge in [-0.05, 0) is 54.8 Å². The molecule has 0 radical (unpaired) electrons.